The van der Waals surface area contributed by atoms with Crippen molar-refractivity contribution in [3.8, 4) is 0 Å². The number of carbonyl (C=O) groups excluding carboxylic acids is 1. The summed E-state index contributed by atoms with van der Waals surface area (Å²) in [7, 11) is 2.02. The Balaban J connectivity index is 2.30. The van der Waals surface area contributed by atoms with Crippen molar-refractivity contribution in [1.82, 2.24) is 9.88 Å². The van der Waals surface area contributed by atoms with Gasteiger partial charge in [0.05, 0.1) is 0 Å². The number of hydrogen-bond donors (Lipinski definition) is 2. The van der Waals surface area contributed by atoms with E-state index in [4.69, 9.17) is 5.73 Å². The lowest BCUT2D eigenvalue weighted by molar-refractivity contribution is 0.100. The Morgan fingerprint density at radius 2 is 2.09 bits per heavy atom. The molecule has 2 aromatic rings. The zero-order chi connectivity index (χ0) is 16.1. The van der Waals surface area contributed by atoms with Crippen LogP contribution in [-0.2, 0) is 18.4 Å². The maximum Gasteiger partial charge on any atom is 0.248 e. The second-order valence-corrected chi connectivity index (χ2v) is 7.26. The van der Waals surface area contributed by atoms with E-state index in [9.17, 15) is 4.79 Å². The number of likely N-dealkylation sites (N-methyl/N-ethyl adjacent to an activating group) is 1. The zero-order valence-electron chi connectivity index (χ0n) is 13.9. The first-order chi connectivity index (χ1) is 10.3. The van der Waals surface area contributed by atoms with Crippen LogP contribution in [0.4, 0.5) is 0 Å². The fourth-order valence-electron chi connectivity index (χ4n) is 3.72. The van der Waals surface area contributed by atoms with Crippen LogP contribution in [0.5, 0.6) is 0 Å². The number of benzene rings is 1. The van der Waals surface area contributed by atoms with Gasteiger partial charge in [-0.05, 0) is 70.8 Å². The van der Waals surface area contributed by atoms with Gasteiger partial charge in [0.1, 0.15) is 0 Å². The lowest BCUT2D eigenvalue weighted by Gasteiger charge is -2.29. The van der Waals surface area contributed by atoms with E-state index >= 15 is 0 Å². The van der Waals surface area contributed by atoms with E-state index < -0.39 is 0 Å². The number of carbonyl (C=O) groups is 1. The minimum absolute atomic E-state index is 0.0204. The van der Waals surface area contributed by atoms with Gasteiger partial charge >= 0.3 is 0 Å². The highest BCUT2D eigenvalue weighted by Crippen LogP contribution is 2.36. The maximum atomic E-state index is 11.5. The lowest BCUT2D eigenvalue weighted by Crippen LogP contribution is -2.33. The van der Waals surface area contributed by atoms with Crippen molar-refractivity contribution in [2.75, 3.05) is 7.05 Å². The molecule has 3 rings (SSSR count). The summed E-state index contributed by atoms with van der Waals surface area (Å²) in [5.41, 5.74) is 10.1. The van der Waals surface area contributed by atoms with E-state index in [-0.39, 0.29) is 11.4 Å². The van der Waals surface area contributed by atoms with E-state index in [1.807, 2.05) is 25.2 Å². The first-order valence-corrected chi connectivity index (χ1v) is 7.96. The fraction of sp³-hybridized carbons (Fsp3) is 0.500. The molecule has 4 heteroatoms. The molecule has 0 saturated carbocycles. The number of aromatic nitrogens is 1. The van der Waals surface area contributed by atoms with Crippen molar-refractivity contribution < 1.29 is 4.79 Å². The molecule has 4 nitrogen and oxygen atoms in total. The van der Waals surface area contributed by atoms with Crippen molar-refractivity contribution >= 4 is 16.8 Å². The van der Waals surface area contributed by atoms with Gasteiger partial charge in [-0.3, -0.25) is 4.79 Å². The van der Waals surface area contributed by atoms with E-state index in [0.29, 0.717) is 11.6 Å². The summed E-state index contributed by atoms with van der Waals surface area (Å²) >= 11 is 0. The molecule has 1 heterocycles. The highest BCUT2D eigenvalue weighted by Gasteiger charge is 2.29. The van der Waals surface area contributed by atoms with Crippen molar-refractivity contribution in [3.63, 3.8) is 0 Å². The average Bonchev–Trinajstić information content (AvgIpc) is 2.79. The summed E-state index contributed by atoms with van der Waals surface area (Å²) in [6, 6.07) is 6.36. The monoisotopic (exact) mass is 299 g/mol. The molecule has 1 amide bonds. The number of amides is 1. The number of rotatable bonds is 2. The van der Waals surface area contributed by atoms with E-state index in [0.717, 1.165) is 19.3 Å². The summed E-state index contributed by atoms with van der Waals surface area (Å²) in [6.07, 6.45) is 3.23. The molecule has 22 heavy (non-hydrogen) atoms. The molecule has 0 spiro atoms. The van der Waals surface area contributed by atoms with Crippen molar-refractivity contribution in [3.05, 3.63) is 35.0 Å². The van der Waals surface area contributed by atoms with Crippen LogP contribution in [0, 0.1) is 0 Å². The molecule has 118 valence electrons. The van der Waals surface area contributed by atoms with Gasteiger partial charge in [0.25, 0.3) is 0 Å². The van der Waals surface area contributed by atoms with Crippen molar-refractivity contribution in [2.45, 2.75) is 51.6 Å². The molecule has 0 bridgehead atoms. The Labute approximate surface area is 131 Å². The summed E-state index contributed by atoms with van der Waals surface area (Å²) in [5.74, 6) is -0.361. The van der Waals surface area contributed by atoms with Gasteiger partial charge in [-0.1, -0.05) is 0 Å². The number of nitrogens with two attached hydrogens (primary N) is 1. The van der Waals surface area contributed by atoms with Crippen molar-refractivity contribution in [1.29, 1.82) is 0 Å². The topological polar surface area (TPSA) is 60.0 Å². The SMILES string of the molecule is CNC1CCc2c(c3cc(C(N)=O)ccc3n2C(C)(C)C)C1. The third-order valence-electron chi connectivity index (χ3n) is 4.72. The first kappa shape index (κ1) is 15.1. The molecule has 1 aromatic carbocycles. The van der Waals surface area contributed by atoms with Crippen LogP contribution < -0.4 is 11.1 Å². The number of fused-ring (bicyclic) bond motifs is 3. The van der Waals surface area contributed by atoms with Crippen LogP contribution >= 0.6 is 0 Å². The van der Waals surface area contributed by atoms with Gasteiger partial charge in [-0.2, -0.15) is 0 Å². The number of nitrogens with zero attached hydrogens (tertiary/aromatic N) is 1. The van der Waals surface area contributed by atoms with Gasteiger partial charge in [0.2, 0.25) is 5.91 Å². The average molecular weight is 299 g/mol. The second kappa shape index (κ2) is 5.13. The Bertz CT molecular complexity index is 737. The quantitative estimate of drug-likeness (QED) is 0.895. The van der Waals surface area contributed by atoms with Gasteiger partial charge in [-0.15, -0.1) is 0 Å². The molecule has 1 unspecified atom stereocenters. The van der Waals surface area contributed by atoms with Crippen LogP contribution in [0.15, 0.2) is 18.2 Å². The van der Waals surface area contributed by atoms with Crippen LogP contribution in [0.25, 0.3) is 10.9 Å². The Kier molecular flexibility index (Phi) is 3.52. The molecule has 1 aliphatic rings. The molecule has 3 N–H and O–H groups in total. The number of hydrogen-bond acceptors (Lipinski definition) is 2. The highest BCUT2D eigenvalue weighted by atomic mass is 16.1. The first-order valence-electron chi connectivity index (χ1n) is 7.96. The molecular formula is C18H25N3O. The zero-order valence-corrected chi connectivity index (χ0v) is 13.9. The Hall–Kier alpha value is -1.81. The Morgan fingerprint density at radius 1 is 1.36 bits per heavy atom. The minimum atomic E-state index is -0.361. The lowest BCUT2D eigenvalue weighted by atomic mass is 9.91. The molecular weight excluding hydrogens is 274 g/mol. The third kappa shape index (κ3) is 2.31. The molecule has 1 aromatic heterocycles. The van der Waals surface area contributed by atoms with Crippen LogP contribution in [0.3, 0.4) is 0 Å². The smallest absolute Gasteiger partial charge is 0.248 e. The number of nitrogens with one attached hydrogen (secondary N) is 1. The standard InChI is InChI=1S/C18H25N3O/c1-18(2,3)21-15-7-5-11(17(19)22)9-13(15)14-10-12(20-4)6-8-16(14)21/h5,7,9,12,20H,6,8,10H2,1-4H3,(H2,19,22). The predicted octanol–water partition coefficient (Wildman–Crippen LogP) is 2.57. The molecule has 0 fully saturated rings. The van der Waals surface area contributed by atoms with Gasteiger partial charge < -0.3 is 15.6 Å². The molecule has 0 aliphatic heterocycles. The van der Waals surface area contributed by atoms with Crippen LogP contribution in [0.2, 0.25) is 0 Å². The molecule has 0 radical (unpaired) electrons. The number of primary amides is 1. The van der Waals surface area contributed by atoms with E-state index in [2.05, 4.69) is 30.7 Å². The largest absolute Gasteiger partial charge is 0.366 e. The van der Waals surface area contributed by atoms with Gasteiger partial charge in [0.15, 0.2) is 0 Å². The molecule has 1 atom stereocenters. The molecule has 1 aliphatic carbocycles. The summed E-state index contributed by atoms with van der Waals surface area (Å²) in [4.78, 5) is 11.5. The van der Waals surface area contributed by atoms with Crippen LogP contribution in [0.1, 0.15) is 48.8 Å². The molecule has 0 saturated heterocycles. The highest BCUT2D eigenvalue weighted by molar-refractivity contribution is 5.98. The minimum Gasteiger partial charge on any atom is -0.366 e. The van der Waals surface area contributed by atoms with Gasteiger partial charge in [0, 0.05) is 33.7 Å². The van der Waals surface area contributed by atoms with E-state index in [1.165, 1.54) is 22.2 Å². The Morgan fingerprint density at radius 3 is 2.68 bits per heavy atom. The van der Waals surface area contributed by atoms with E-state index in [1.54, 1.807) is 0 Å². The maximum absolute atomic E-state index is 11.5. The fourth-order valence-corrected chi connectivity index (χ4v) is 3.72. The van der Waals surface area contributed by atoms with Crippen molar-refractivity contribution in [2.24, 2.45) is 5.73 Å². The summed E-state index contributed by atoms with van der Waals surface area (Å²) in [5, 5.41) is 4.58. The second-order valence-electron chi connectivity index (χ2n) is 7.26. The van der Waals surface area contributed by atoms with Crippen LogP contribution in [-0.4, -0.2) is 23.6 Å². The van der Waals surface area contributed by atoms with Gasteiger partial charge in [-0.25, -0.2) is 0 Å². The summed E-state index contributed by atoms with van der Waals surface area (Å²) in [6.45, 7) is 6.70. The summed E-state index contributed by atoms with van der Waals surface area (Å²) < 4.78 is 2.44. The third-order valence-corrected chi connectivity index (χ3v) is 4.72. The normalized spacial score (nSPS) is 18.5. The predicted molar refractivity (Wildman–Crippen MR) is 90.3 cm³/mol.